The minimum absolute atomic E-state index is 0.00966. The lowest BCUT2D eigenvalue weighted by molar-refractivity contribution is -0.120. The van der Waals surface area contributed by atoms with Gasteiger partial charge in [0.25, 0.3) is 0 Å². The summed E-state index contributed by atoms with van der Waals surface area (Å²) in [6.07, 6.45) is 12.6. The Morgan fingerprint density at radius 3 is 2.06 bits per heavy atom. The van der Waals surface area contributed by atoms with Crippen molar-refractivity contribution in [3.8, 4) is 0 Å². The second kappa shape index (κ2) is 8.21. The number of unbranched alkanes of at least 4 members (excludes halogenated alkanes) is 7. The van der Waals surface area contributed by atoms with Crippen LogP contribution in [0, 0.1) is 0 Å². The van der Waals surface area contributed by atoms with Crippen LogP contribution in [-0.2, 0) is 9.59 Å². The summed E-state index contributed by atoms with van der Waals surface area (Å²) < 4.78 is 0. The summed E-state index contributed by atoms with van der Waals surface area (Å²) >= 11 is 0. The molecule has 0 saturated carbocycles. The Labute approximate surface area is 104 Å². The SMILES string of the molecule is CCCCCCCCCCC1=CC(=O)CC1=O. The normalized spacial score (nSPS) is 15.5. The summed E-state index contributed by atoms with van der Waals surface area (Å²) in [5.41, 5.74) is 0.765. The van der Waals surface area contributed by atoms with Gasteiger partial charge in [-0.25, -0.2) is 0 Å². The predicted octanol–water partition coefficient (Wildman–Crippen LogP) is 3.99. The Bertz CT molecular complexity index is 289. The van der Waals surface area contributed by atoms with Gasteiger partial charge in [-0.05, 0) is 24.5 Å². The monoisotopic (exact) mass is 236 g/mol. The standard InChI is InChI=1S/C15H24O2/c1-2-3-4-5-6-7-8-9-10-13-11-14(16)12-15(13)17/h11H,2-10,12H2,1H3. The van der Waals surface area contributed by atoms with Gasteiger partial charge in [0.2, 0.25) is 0 Å². The maximum atomic E-state index is 11.3. The molecule has 0 atom stereocenters. The van der Waals surface area contributed by atoms with Crippen molar-refractivity contribution in [1.82, 2.24) is 0 Å². The maximum absolute atomic E-state index is 11.3. The average Bonchev–Trinajstić information content (AvgIpc) is 2.61. The first-order valence-corrected chi connectivity index (χ1v) is 7.00. The molecule has 17 heavy (non-hydrogen) atoms. The van der Waals surface area contributed by atoms with Gasteiger partial charge in [0, 0.05) is 0 Å². The highest BCUT2D eigenvalue weighted by Gasteiger charge is 2.20. The average molecular weight is 236 g/mol. The highest BCUT2D eigenvalue weighted by atomic mass is 16.2. The zero-order chi connectivity index (χ0) is 12.5. The lowest BCUT2D eigenvalue weighted by Crippen LogP contribution is -1.97. The fourth-order valence-corrected chi connectivity index (χ4v) is 2.26. The molecule has 96 valence electrons. The molecule has 0 aliphatic heterocycles. The van der Waals surface area contributed by atoms with Gasteiger partial charge in [0.1, 0.15) is 0 Å². The first kappa shape index (κ1) is 14.1. The molecule has 0 aromatic rings. The van der Waals surface area contributed by atoms with Crippen molar-refractivity contribution in [1.29, 1.82) is 0 Å². The molecule has 2 nitrogen and oxygen atoms in total. The molecule has 0 N–H and O–H groups in total. The van der Waals surface area contributed by atoms with Crippen LogP contribution >= 0.6 is 0 Å². The molecule has 0 fully saturated rings. The van der Waals surface area contributed by atoms with Crippen LogP contribution in [0.1, 0.15) is 71.1 Å². The first-order chi connectivity index (χ1) is 8.24. The van der Waals surface area contributed by atoms with Crippen molar-refractivity contribution in [2.45, 2.75) is 71.1 Å². The fraction of sp³-hybridized carbons (Fsp3) is 0.733. The highest BCUT2D eigenvalue weighted by molar-refractivity contribution is 6.19. The summed E-state index contributed by atoms with van der Waals surface area (Å²) in [7, 11) is 0. The van der Waals surface area contributed by atoms with Gasteiger partial charge in [-0.1, -0.05) is 51.9 Å². The van der Waals surface area contributed by atoms with Crippen LogP contribution in [0.3, 0.4) is 0 Å². The van der Waals surface area contributed by atoms with Crippen molar-refractivity contribution >= 4 is 11.6 Å². The molecule has 0 bridgehead atoms. The Morgan fingerprint density at radius 2 is 1.53 bits per heavy atom. The van der Waals surface area contributed by atoms with E-state index in [1.54, 1.807) is 6.08 Å². The third-order valence-electron chi connectivity index (χ3n) is 3.33. The quantitative estimate of drug-likeness (QED) is 0.448. The molecule has 0 radical (unpaired) electrons. The van der Waals surface area contributed by atoms with Gasteiger partial charge in [-0.15, -0.1) is 0 Å². The van der Waals surface area contributed by atoms with Crippen molar-refractivity contribution in [3.05, 3.63) is 11.6 Å². The lowest BCUT2D eigenvalue weighted by Gasteiger charge is -2.02. The third-order valence-corrected chi connectivity index (χ3v) is 3.33. The van der Waals surface area contributed by atoms with Crippen LogP contribution in [-0.4, -0.2) is 11.6 Å². The largest absolute Gasteiger partial charge is 0.294 e. The van der Waals surface area contributed by atoms with Gasteiger partial charge in [-0.2, -0.15) is 0 Å². The van der Waals surface area contributed by atoms with Gasteiger partial charge in [0.05, 0.1) is 6.42 Å². The predicted molar refractivity (Wildman–Crippen MR) is 69.9 cm³/mol. The van der Waals surface area contributed by atoms with Crippen molar-refractivity contribution in [3.63, 3.8) is 0 Å². The van der Waals surface area contributed by atoms with E-state index in [0.29, 0.717) is 0 Å². The Hall–Kier alpha value is -0.920. The third kappa shape index (κ3) is 5.81. The molecule has 0 heterocycles. The number of carbonyl (C=O) groups excluding carboxylic acids is 2. The van der Waals surface area contributed by atoms with Crippen LogP contribution in [0.15, 0.2) is 11.6 Å². The highest BCUT2D eigenvalue weighted by Crippen LogP contribution is 2.18. The van der Waals surface area contributed by atoms with Crippen LogP contribution < -0.4 is 0 Å². The fourth-order valence-electron chi connectivity index (χ4n) is 2.26. The molecule has 1 rings (SSSR count). The van der Waals surface area contributed by atoms with Crippen LogP contribution in [0.25, 0.3) is 0 Å². The Morgan fingerprint density at radius 1 is 0.941 bits per heavy atom. The van der Waals surface area contributed by atoms with E-state index >= 15 is 0 Å². The number of allylic oxidation sites excluding steroid dienone is 2. The number of carbonyl (C=O) groups is 2. The van der Waals surface area contributed by atoms with Crippen LogP contribution in [0.2, 0.25) is 0 Å². The van der Waals surface area contributed by atoms with Gasteiger partial charge in [-0.3, -0.25) is 9.59 Å². The van der Waals surface area contributed by atoms with E-state index in [0.717, 1.165) is 18.4 Å². The van der Waals surface area contributed by atoms with E-state index in [1.165, 1.54) is 44.9 Å². The summed E-state index contributed by atoms with van der Waals surface area (Å²) in [6, 6.07) is 0. The van der Waals surface area contributed by atoms with Crippen molar-refractivity contribution in [2.24, 2.45) is 0 Å². The molecular weight excluding hydrogens is 212 g/mol. The molecule has 0 spiro atoms. The van der Waals surface area contributed by atoms with Gasteiger partial charge in [0.15, 0.2) is 11.6 Å². The van der Waals surface area contributed by atoms with Gasteiger partial charge < -0.3 is 0 Å². The lowest BCUT2D eigenvalue weighted by atomic mass is 10.0. The molecule has 0 saturated heterocycles. The van der Waals surface area contributed by atoms with E-state index in [1.807, 2.05) is 0 Å². The smallest absolute Gasteiger partial charge is 0.166 e. The van der Waals surface area contributed by atoms with Gasteiger partial charge >= 0.3 is 0 Å². The minimum atomic E-state index is -0.00966. The molecular formula is C15H24O2. The molecule has 1 aliphatic carbocycles. The second-order valence-electron chi connectivity index (χ2n) is 4.96. The summed E-state index contributed by atoms with van der Waals surface area (Å²) in [5, 5.41) is 0. The summed E-state index contributed by atoms with van der Waals surface area (Å²) in [6.45, 7) is 2.23. The number of rotatable bonds is 9. The molecule has 0 amide bonds. The maximum Gasteiger partial charge on any atom is 0.166 e. The van der Waals surface area contributed by atoms with E-state index in [-0.39, 0.29) is 18.0 Å². The molecule has 2 heteroatoms. The van der Waals surface area contributed by atoms with Crippen LogP contribution in [0.4, 0.5) is 0 Å². The van der Waals surface area contributed by atoms with E-state index in [4.69, 9.17) is 0 Å². The van der Waals surface area contributed by atoms with E-state index in [9.17, 15) is 9.59 Å². The molecule has 0 unspecified atom stereocenters. The Balaban J connectivity index is 1.96. The molecule has 0 aromatic carbocycles. The zero-order valence-electron chi connectivity index (χ0n) is 11.0. The van der Waals surface area contributed by atoms with Crippen LogP contribution in [0.5, 0.6) is 0 Å². The minimum Gasteiger partial charge on any atom is -0.294 e. The van der Waals surface area contributed by atoms with Crippen molar-refractivity contribution in [2.75, 3.05) is 0 Å². The number of Topliss-reactive ketones (excluding diaryl/α,β-unsaturated/α-hetero) is 1. The summed E-state index contributed by atoms with van der Waals surface area (Å²) in [5.74, 6) is 0.0440. The van der Waals surface area contributed by atoms with Crippen molar-refractivity contribution < 1.29 is 9.59 Å². The Kier molecular flexibility index (Phi) is 6.83. The number of hydrogen-bond donors (Lipinski definition) is 0. The summed E-state index contributed by atoms with van der Waals surface area (Å²) in [4.78, 5) is 22.3. The topological polar surface area (TPSA) is 34.1 Å². The molecule has 0 aromatic heterocycles. The second-order valence-corrected chi connectivity index (χ2v) is 4.96. The first-order valence-electron chi connectivity index (χ1n) is 7.00. The number of hydrogen-bond acceptors (Lipinski definition) is 2. The zero-order valence-corrected chi connectivity index (χ0v) is 11.0. The van der Waals surface area contributed by atoms with E-state index in [2.05, 4.69) is 6.92 Å². The molecule has 1 aliphatic rings. The van der Waals surface area contributed by atoms with E-state index < -0.39 is 0 Å². The number of ketones is 2.